The molecule has 0 spiro atoms. The van der Waals surface area contributed by atoms with Gasteiger partial charge in [-0.1, -0.05) is 34.6 Å². The van der Waals surface area contributed by atoms with E-state index < -0.39 is 5.91 Å². The van der Waals surface area contributed by atoms with Crippen molar-refractivity contribution in [1.29, 1.82) is 0 Å². The van der Waals surface area contributed by atoms with Crippen LogP contribution in [0.1, 0.15) is 25.0 Å². The summed E-state index contributed by atoms with van der Waals surface area (Å²) in [5.41, 5.74) is 2.30. The van der Waals surface area contributed by atoms with E-state index in [1.807, 2.05) is 26.0 Å². The highest BCUT2D eigenvalue weighted by molar-refractivity contribution is 7.93. The molecule has 0 aliphatic rings. The van der Waals surface area contributed by atoms with Crippen molar-refractivity contribution >= 4 is 29.6 Å². The minimum absolute atomic E-state index is 0.128. The molecule has 0 heterocycles. The fourth-order valence-corrected chi connectivity index (χ4v) is 1.80. The average Bonchev–Trinajstić information content (AvgIpc) is 2.50. The number of hydrogen-bond donors (Lipinski definition) is 1. The lowest BCUT2D eigenvalue weighted by molar-refractivity contribution is -0.113. The maximum atomic E-state index is 12.1. The Hall–Kier alpha value is -2.06. The molecule has 0 fully saturated rings. The van der Waals surface area contributed by atoms with Crippen molar-refractivity contribution in [3.05, 3.63) is 35.4 Å². The number of benzene rings is 1. The normalized spacial score (nSPS) is 10.8. The van der Waals surface area contributed by atoms with Crippen LogP contribution in [0.15, 0.2) is 34.6 Å². The van der Waals surface area contributed by atoms with Crippen molar-refractivity contribution < 1.29 is 18.7 Å². The van der Waals surface area contributed by atoms with Gasteiger partial charge in [-0.25, -0.2) is 0 Å². The number of oxime groups is 2. The SMILES string of the molecule is CO/N=C(/C(=O)NSOC)c1ccccc1CON=C(C)C. The Morgan fingerprint density at radius 2 is 1.95 bits per heavy atom. The number of rotatable bonds is 8. The van der Waals surface area contributed by atoms with Gasteiger partial charge in [-0.3, -0.25) is 9.52 Å². The van der Waals surface area contributed by atoms with Crippen LogP contribution in [0, 0.1) is 0 Å². The van der Waals surface area contributed by atoms with Gasteiger partial charge in [-0.2, -0.15) is 0 Å². The van der Waals surface area contributed by atoms with E-state index in [1.165, 1.54) is 14.2 Å². The first-order valence-electron chi connectivity index (χ1n) is 6.42. The van der Waals surface area contributed by atoms with E-state index >= 15 is 0 Å². The summed E-state index contributed by atoms with van der Waals surface area (Å²) in [6.07, 6.45) is 0. The predicted octanol–water partition coefficient (Wildman–Crippen LogP) is 2.28. The zero-order valence-electron chi connectivity index (χ0n) is 13.0. The van der Waals surface area contributed by atoms with Gasteiger partial charge in [-0.15, -0.1) is 0 Å². The van der Waals surface area contributed by atoms with Gasteiger partial charge in [0.1, 0.15) is 25.9 Å². The van der Waals surface area contributed by atoms with Crippen molar-refractivity contribution in [2.75, 3.05) is 14.2 Å². The van der Waals surface area contributed by atoms with Gasteiger partial charge in [0, 0.05) is 11.1 Å². The number of nitrogens with zero attached hydrogens (tertiary/aromatic N) is 2. The molecule has 1 aromatic rings. The fourth-order valence-electron chi connectivity index (χ4n) is 1.54. The molecule has 0 atom stereocenters. The molecule has 0 aliphatic heterocycles. The van der Waals surface area contributed by atoms with Crippen LogP contribution in [0.4, 0.5) is 0 Å². The van der Waals surface area contributed by atoms with Crippen LogP contribution >= 0.6 is 12.2 Å². The second kappa shape index (κ2) is 9.80. The van der Waals surface area contributed by atoms with E-state index in [-0.39, 0.29) is 12.3 Å². The minimum Gasteiger partial charge on any atom is -0.398 e. The minimum atomic E-state index is -0.434. The maximum Gasteiger partial charge on any atom is 0.285 e. The van der Waals surface area contributed by atoms with Crippen LogP contribution in [0.25, 0.3) is 0 Å². The largest absolute Gasteiger partial charge is 0.398 e. The highest BCUT2D eigenvalue weighted by atomic mass is 32.2. The summed E-state index contributed by atoms with van der Waals surface area (Å²) >= 11 is 0.804. The first kappa shape index (κ1) is 18.0. The van der Waals surface area contributed by atoms with Crippen molar-refractivity contribution in [2.24, 2.45) is 10.3 Å². The molecule has 7 nitrogen and oxygen atoms in total. The summed E-state index contributed by atoms with van der Waals surface area (Å²) in [7, 11) is 2.82. The summed E-state index contributed by atoms with van der Waals surface area (Å²) in [5, 5.41) is 7.68. The van der Waals surface area contributed by atoms with Crippen LogP contribution in [0.2, 0.25) is 0 Å². The van der Waals surface area contributed by atoms with E-state index in [4.69, 9.17) is 13.9 Å². The highest BCUT2D eigenvalue weighted by Crippen LogP contribution is 2.13. The van der Waals surface area contributed by atoms with Gasteiger partial charge >= 0.3 is 0 Å². The third-order valence-electron chi connectivity index (χ3n) is 2.36. The summed E-state index contributed by atoms with van der Waals surface area (Å²) in [6.45, 7) is 3.88. The van der Waals surface area contributed by atoms with Gasteiger partial charge < -0.3 is 13.9 Å². The molecule has 0 saturated carbocycles. The van der Waals surface area contributed by atoms with Crippen LogP contribution < -0.4 is 4.72 Å². The van der Waals surface area contributed by atoms with Crippen molar-refractivity contribution in [1.82, 2.24) is 4.72 Å². The van der Waals surface area contributed by atoms with Crippen molar-refractivity contribution in [3.63, 3.8) is 0 Å². The quantitative estimate of drug-likeness (QED) is 0.343. The lowest BCUT2D eigenvalue weighted by atomic mass is 10.0. The summed E-state index contributed by atoms with van der Waals surface area (Å²) in [5.74, 6) is -0.434. The second-order valence-corrected chi connectivity index (χ2v) is 4.98. The zero-order chi connectivity index (χ0) is 16.4. The molecule has 1 rings (SSSR count). The van der Waals surface area contributed by atoms with Crippen LogP contribution in [-0.4, -0.2) is 31.6 Å². The molecule has 0 aromatic heterocycles. The Morgan fingerprint density at radius 3 is 2.59 bits per heavy atom. The molecule has 8 heteroatoms. The van der Waals surface area contributed by atoms with Gasteiger partial charge in [0.2, 0.25) is 0 Å². The van der Waals surface area contributed by atoms with Gasteiger partial charge in [0.15, 0.2) is 5.71 Å². The van der Waals surface area contributed by atoms with Crippen LogP contribution in [0.5, 0.6) is 0 Å². The third-order valence-corrected chi connectivity index (χ3v) is 2.79. The number of amides is 1. The Morgan fingerprint density at radius 1 is 1.23 bits per heavy atom. The average molecular weight is 325 g/mol. The van der Waals surface area contributed by atoms with E-state index in [2.05, 4.69) is 15.0 Å². The van der Waals surface area contributed by atoms with E-state index in [0.717, 1.165) is 23.5 Å². The summed E-state index contributed by atoms with van der Waals surface area (Å²) in [4.78, 5) is 22.1. The highest BCUT2D eigenvalue weighted by Gasteiger charge is 2.18. The zero-order valence-corrected chi connectivity index (χ0v) is 13.8. The predicted molar refractivity (Wildman–Crippen MR) is 86.3 cm³/mol. The number of carbonyl (C=O) groups excluding carboxylic acids is 1. The summed E-state index contributed by atoms with van der Waals surface area (Å²) < 4.78 is 7.24. The molecular formula is C14H19N3O4S. The van der Waals surface area contributed by atoms with Crippen LogP contribution in [0.3, 0.4) is 0 Å². The maximum absolute atomic E-state index is 12.1. The molecule has 1 amide bonds. The van der Waals surface area contributed by atoms with E-state index in [9.17, 15) is 4.79 Å². The van der Waals surface area contributed by atoms with Crippen molar-refractivity contribution in [3.8, 4) is 0 Å². The van der Waals surface area contributed by atoms with Crippen molar-refractivity contribution in [2.45, 2.75) is 20.5 Å². The molecule has 0 aliphatic carbocycles. The number of hydrogen-bond acceptors (Lipinski definition) is 7. The van der Waals surface area contributed by atoms with Gasteiger partial charge in [0.25, 0.3) is 5.91 Å². The molecule has 0 unspecified atom stereocenters. The van der Waals surface area contributed by atoms with E-state index in [0.29, 0.717) is 5.56 Å². The van der Waals surface area contributed by atoms with Crippen LogP contribution in [-0.2, 0) is 25.3 Å². The lowest BCUT2D eigenvalue weighted by Crippen LogP contribution is -2.28. The summed E-state index contributed by atoms with van der Waals surface area (Å²) in [6, 6.07) is 7.24. The standard InChI is InChI=1S/C14H19N3O4S/c1-10(2)15-21-9-11-7-5-6-8-12(11)13(16-19-3)14(18)17-22-20-4/h5-8H,9H2,1-4H3,(H,17,18)/b16-13+. The second-order valence-electron chi connectivity index (χ2n) is 4.27. The van der Waals surface area contributed by atoms with E-state index in [1.54, 1.807) is 12.1 Å². The monoisotopic (exact) mass is 325 g/mol. The first-order valence-corrected chi connectivity index (χ1v) is 7.16. The first-order chi connectivity index (χ1) is 10.6. The molecule has 0 radical (unpaired) electrons. The van der Waals surface area contributed by atoms with Gasteiger partial charge in [0.05, 0.1) is 12.8 Å². The van der Waals surface area contributed by atoms with Gasteiger partial charge in [-0.05, 0) is 13.8 Å². The Labute approximate surface area is 134 Å². The fraction of sp³-hybridized carbons (Fsp3) is 0.357. The third kappa shape index (κ3) is 5.74. The Kier molecular flexibility index (Phi) is 8.01. The lowest BCUT2D eigenvalue weighted by Gasteiger charge is -2.10. The molecular weight excluding hydrogens is 306 g/mol. The number of nitrogens with one attached hydrogen (secondary N) is 1. The molecule has 22 heavy (non-hydrogen) atoms. The smallest absolute Gasteiger partial charge is 0.285 e. The Bertz CT molecular complexity index is 557. The molecule has 1 N–H and O–H groups in total. The molecule has 0 saturated heterocycles. The number of carbonyl (C=O) groups is 1. The Balaban J connectivity index is 3.02. The molecule has 1 aromatic carbocycles. The molecule has 0 bridgehead atoms. The topological polar surface area (TPSA) is 81.5 Å². The molecule has 120 valence electrons.